The summed E-state index contributed by atoms with van der Waals surface area (Å²) in [6.45, 7) is 13.5. The van der Waals surface area contributed by atoms with Crippen LogP contribution in [0, 0.1) is 13.8 Å². The third kappa shape index (κ3) is 10.1. The number of rotatable bonds is 14. The van der Waals surface area contributed by atoms with Crippen LogP contribution in [0.1, 0.15) is 93.7 Å². The molecule has 378 valence electrons. The van der Waals surface area contributed by atoms with Gasteiger partial charge in [0.15, 0.2) is 5.76 Å². The highest BCUT2D eigenvalue weighted by Crippen LogP contribution is 2.38. The predicted octanol–water partition coefficient (Wildman–Crippen LogP) is 7.53. The molecule has 3 fully saturated rings. The van der Waals surface area contributed by atoms with E-state index in [0.717, 1.165) is 50.9 Å². The first kappa shape index (κ1) is 50.0. The van der Waals surface area contributed by atoms with Crippen molar-refractivity contribution in [2.75, 3.05) is 71.0 Å². The van der Waals surface area contributed by atoms with Gasteiger partial charge in [-0.25, -0.2) is 4.79 Å². The second-order valence-electron chi connectivity index (χ2n) is 20.5. The fourth-order valence-corrected chi connectivity index (χ4v) is 11.2. The minimum absolute atomic E-state index is 0.0443. The largest absolute Gasteiger partial charge is 0.451 e. The number of aryl methyl sites for hydroxylation is 3. The molecule has 72 heavy (non-hydrogen) atoms. The maximum atomic E-state index is 15.2. The topological polar surface area (TPSA) is 170 Å². The van der Waals surface area contributed by atoms with Gasteiger partial charge in [0.2, 0.25) is 5.91 Å². The molecule has 1 spiro atoms. The van der Waals surface area contributed by atoms with E-state index in [1.807, 2.05) is 111 Å². The van der Waals surface area contributed by atoms with Crippen molar-refractivity contribution in [3.63, 3.8) is 0 Å². The first-order chi connectivity index (χ1) is 34.4. The van der Waals surface area contributed by atoms with Gasteiger partial charge in [0, 0.05) is 85.8 Å². The van der Waals surface area contributed by atoms with Crippen LogP contribution in [-0.2, 0) is 23.1 Å². The third-order valence-corrected chi connectivity index (χ3v) is 15.3. The number of fused-ring (bicyclic) bond motifs is 2. The second-order valence-corrected chi connectivity index (χ2v) is 21.5. The highest BCUT2D eigenvalue weighted by atomic mass is 32.1. The van der Waals surface area contributed by atoms with Crippen LogP contribution in [0.5, 0.6) is 0 Å². The fraction of sp³-hybridized carbons (Fsp3) is 0.418. The zero-order valence-electron chi connectivity index (χ0n) is 42.3. The lowest BCUT2D eigenvalue weighted by molar-refractivity contribution is -0.133. The molecule has 16 nitrogen and oxygen atoms in total. The van der Waals surface area contributed by atoms with Crippen molar-refractivity contribution in [3.8, 4) is 11.1 Å². The number of thiophene rings is 1. The zero-order chi connectivity index (χ0) is 51.1. The highest BCUT2D eigenvalue weighted by Gasteiger charge is 2.57. The molecule has 9 rings (SSSR count). The molecule has 3 aromatic heterocycles. The van der Waals surface area contributed by atoms with E-state index in [2.05, 4.69) is 21.6 Å². The van der Waals surface area contributed by atoms with E-state index in [9.17, 15) is 24.0 Å². The zero-order valence-corrected chi connectivity index (χ0v) is 43.1. The molecule has 3 saturated heterocycles. The number of hydrogen-bond acceptors (Lipinski definition) is 11. The van der Waals surface area contributed by atoms with Gasteiger partial charge < -0.3 is 44.0 Å². The van der Waals surface area contributed by atoms with Gasteiger partial charge in [0.25, 0.3) is 23.3 Å². The summed E-state index contributed by atoms with van der Waals surface area (Å²) in [6, 6.07) is 23.2. The number of unbranched alkanes of at least 4 members (excludes halogenated alkanes) is 3. The Morgan fingerprint density at radius 2 is 1.56 bits per heavy atom. The van der Waals surface area contributed by atoms with E-state index >= 15 is 4.79 Å². The Kier molecular flexibility index (Phi) is 14.1. The van der Waals surface area contributed by atoms with Crippen LogP contribution in [0.3, 0.4) is 0 Å². The van der Waals surface area contributed by atoms with E-state index in [4.69, 9.17) is 9.15 Å². The summed E-state index contributed by atoms with van der Waals surface area (Å²) in [6.07, 6.45) is 4.46. The SMILES string of the molecule is Cc1cc(-c2cc(C)c3oc(C(=O)NCCCCCCN(Cc4ccccc4N4CCN(C(=O)OC(C)(C)C)CC4)C(=O)c4sc5ccccc5c4C(=O)N4CC5(C4)C(=O)NCN5C)cc3c2)cn(C)c1=O. The Bertz CT molecular complexity index is 3110. The lowest BCUT2D eigenvalue weighted by Crippen LogP contribution is -2.71. The number of anilines is 1. The van der Waals surface area contributed by atoms with E-state index in [-0.39, 0.29) is 54.1 Å². The Labute approximate surface area is 423 Å². The molecular weight excluding hydrogens is 933 g/mol. The summed E-state index contributed by atoms with van der Waals surface area (Å²) < 4.78 is 14.1. The number of nitrogens with zero attached hydrogens (tertiary/aromatic N) is 6. The summed E-state index contributed by atoms with van der Waals surface area (Å²) in [5.74, 6) is -0.665. The number of carbonyl (C=O) groups excluding carboxylic acids is 5. The lowest BCUT2D eigenvalue weighted by Gasteiger charge is -2.49. The molecule has 0 atom stereocenters. The maximum Gasteiger partial charge on any atom is 0.410 e. The number of furan rings is 1. The van der Waals surface area contributed by atoms with Crippen molar-refractivity contribution >= 4 is 67.8 Å². The number of aromatic nitrogens is 1. The Balaban J connectivity index is 0.884. The number of para-hydroxylation sites is 1. The van der Waals surface area contributed by atoms with Crippen LogP contribution >= 0.6 is 11.3 Å². The summed E-state index contributed by atoms with van der Waals surface area (Å²) in [5.41, 5.74) is 4.89. The number of carbonyl (C=O) groups is 5. The quantitative estimate of drug-likeness (QED) is 0.104. The number of likely N-dealkylation sites (tertiary alicyclic amines) is 1. The summed E-state index contributed by atoms with van der Waals surface area (Å²) in [4.78, 5) is 91.1. The van der Waals surface area contributed by atoms with Gasteiger partial charge in [0.1, 0.15) is 21.6 Å². The lowest BCUT2D eigenvalue weighted by atomic mass is 9.87. The number of amides is 5. The first-order valence-electron chi connectivity index (χ1n) is 24.8. The minimum Gasteiger partial charge on any atom is -0.451 e. The van der Waals surface area contributed by atoms with Crippen molar-refractivity contribution in [3.05, 3.63) is 122 Å². The summed E-state index contributed by atoms with van der Waals surface area (Å²) >= 11 is 1.32. The average molecular weight is 997 g/mol. The molecule has 6 heterocycles. The smallest absolute Gasteiger partial charge is 0.410 e. The Hall–Kier alpha value is -6.98. The number of pyridine rings is 1. The highest BCUT2D eigenvalue weighted by molar-refractivity contribution is 7.21. The molecule has 0 radical (unpaired) electrons. The number of nitrogens with one attached hydrogen (secondary N) is 2. The molecule has 3 aliphatic rings. The van der Waals surface area contributed by atoms with Crippen molar-refractivity contribution in [1.29, 1.82) is 0 Å². The number of piperazine rings is 1. The van der Waals surface area contributed by atoms with Gasteiger partial charge in [-0.2, -0.15) is 0 Å². The molecule has 17 heteroatoms. The van der Waals surface area contributed by atoms with Crippen LogP contribution in [0.25, 0.3) is 32.2 Å². The molecule has 3 aliphatic heterocycles. The monoisotopic (exact) mass is 996 g/mol. The molecule has 2 N–H and O–H groups in total. The average Bonchev–Trinajstić information content (AvgIpc) is 4.04. The third-order valence-electron chi connectivity index (χ3n) is 14.1. The van der Waals surface area contributed by atoms with E-state index in [1.54, 1.807) is 34.4 Å². The number of benzene rings is 3. The maximum absolute atomic E-state index is 15.2. The molecule has 6 aromatic rings. The second kappa shape index (κ2) is 20.3. The Morgan fingerprint density at radius 3 is 2.28 bits per heavy atom. The standard InChI is InChI=1S/C55H64N8O8S/c1-35-26-38(40-27-36(2)49(65)58(6)30-40)28-39-29-43(70-46(35)39)48(64)56-20-14-8-9-15-21-62(31-37-16-10-12-18-42(37)60-22-24-61(25-23-60)53(69)71-54(3,4)5)51(67)47-45(41-17-11-13-19-44(41)72-47)50(66)63-32-55(33-63)52(68)57-34-59(55)7/h10-13,16-19,26-30H,8-9,14-15,20-25,31-34H2,1-7H3,(H,56,64)(H,57,68). The van der Waals surface area contributed by atoms with Crippen molar-refractivity contribution < 1.29 is 33.1 Å². The molecule has 0 bridgehead atoms. The molecule has 0 saturated carbocycles. The first-order valence-corrected chi connectivity index (χ1v) is 25.6. The number of hydrogen-bond donors (Lipinski definition) is 2. The molecule has 3 aromatic carbocycles. The van der Waals surface area contributed by atoms with Gasteiger partial charge in [-0.1, -0.05) is 49.2 Å². The fourth-order valence-electron chi connectivity index (χ4n) is 10.1. The van der Waals surface area contributed by atoms with Crippen LogP contribution in [0.4, 0.5) is 10.5 Å². The molecular formula is C55H64N8O8S. The van der Waals surface area contributed by atoms with Crippen LogP contribution < -0.4 is 21.1 Å². The van der Waals surface area contributed by atoms with Crippen molar-refractivity contribution in [1.82, 2.24) is 34.8 Å². The molecule has 0 unspecified atom stereocenters. The van der Waals surface area contributed by atoms with Crippen LogP contribution in [0.2, 0.25) is 0 Å². The number of ether oxygens (including phenoxy) is 1. The van der Waals surface area contributed by atoms with Crippen LogP contribution in [-0.4, -0.2) is 131 Å². The normalized spacial score (nSPS) is 15.8. The van der Waals surface area contributed by atoms with Crippen molar-refractivity contribution in [2.24, 2.45) is 7.05 Å². The molecule has 5 amide bonds. The van der Waals surface area contributed by atoms with E-state index in [0.29, 0.717) is 92.3 Å². The van der Waals surface area contributed by atoms with Gasteiger partial charge in [-0.05, 0) is 113 Å². The van der Waals surface area contributed by atoms with E-state index < -0.39 is 11.1 Å². The minimum atomic E-state index is -0.771. The summed E-state index contributed by atoms with van der Waals surface area (Å²) in [5, 5.41) is 7.43. The van der Waals surface area contributed by atoms with Crippen LogP contribution in [0.15, 0.2) is 88.2 Å². The number of likely N-dealkylation sites (N-methyl/N-ethyl adjacent to an activating group) is 1. The Morgan fingerprint density at radius 1 is 0.847 bits per heavy atom. The predicted molar refractivity (Wildman–Crippen MR) is 280 cm³/mol. The van der Waals surface area contributed by atoms with E-state index in [1.165, 1.54) is 11.3 Å². The van der Waals surface area contributed by atoms with Gasteiger partial charge in [-0.3, -0.25) is 28.9 Å². The van der Waals surface area contributed by atoms with Gasteiger partial charge in [0.05, 0.1) is 25.3 Å². The van der Waals surface area contributed by atoms with Crippen molar-refractivity contribution in [2.45, 2.75) is 78.0 Å². The molecule has 0 aliphatic carbocycles. The van der Waals surface area contributed by atoms with Gasteiger partial charge >= 0.3 is 6.09 Å². The summed E-state index contributed by atoms with van der Waals surface area (Å²) in [7, 11) is 3.61. The van der Waals surface area contributed by atoms with Gasteiger partial charge in [-0.15, -0.1) is 11.3 Å².